The van der Waals surface area contributed by atoms with E-state index >= 15 is 0 Å². The van der Waals surface area contributed by atoms with Crippen molar-refractivity contribution < 1.29 is 4.74 Å². The van der Waals surface area contributed by atoms with Crippen molar-refractivity contribution in [3.8, 4) is 5.88 Å². The second kappa shape index (κ2) is 6.01. The van der Waals surface area contributed by atoms with Gasteiger partial charge in [0.15, 0.2) is 0 Å². The minimum Gasteiger partial charge on any atom is -0.478 e. The zero-order valence-electron chi connectivity index (χ0n) is 9.29. The van der Waals surface area contributed by atoms with Crippen molar-refractivity contribution in [1.29, 1.82) is 0 Å². The van der Waals surface area contributed by atoms with E-state index in [1.165, 1.54) is 0 Å². The predicted molar refractivity (Wildman–Crippen MR) is 61.3 cm³/mol. The van der Waals surface area contributed by atoms with Gasteiger partial charge in [0.25, 0.3) is 0 Å². The molecule has 0 spiro atoms. The molecular formula is C11H17N3O. The molecule has 4 heteroatoms. The molecule has 1 rings (SSSR count). The van der Waals surface area contributed by atoms with Gasteiger partial charge in [0.05, 0.1) is 6.61 Å². The van der Waals surface area contributed by atoms with E-state index in [1.807, 2.05) is 13.8 Å². The Bertz CT molecular complexity index is 326. The van der Waals surface area contributed by atoms with Crippen molar-refractivity contribution in [2.24, 2.45) is 0 Å². The number of nitrogens with one attached hydrogen (secondary N) is 1. The molecule has 0 aliphatic rings. The molecule has 0 radical (unpaired) electrons. The number of hydrogen-bond donors (Lipinski definition) is 1. The molecule has 0 fully saturated rings. The van der Waals surface area contributed by atoms with Crippen molar-refractivity contribution in [3.63, 3.8) is 0 Å². The lowest BCUT2D eigenvalue weighted by molar-refractivity contribution is 0.325. The van der Waals surface area contributed by atoms with E-state index in [1.54, 1.807) is 12.1 Å². The SMILES string of the molecule is C=CCNc1cc(OCC)nc(CC)n1. The van der Waals surface area contributed by atoms with Gasteiger partial charge in [-0.2, -0.15) is 4.98 Å². The van der Waals surface area contributed by atoms with Gasteiger partial charge in [-0.25, -0.2) is 4.98 Å². The maximum absolute atomic E-state index is 5.35. The number of rotatable bonds is 6. The number of nitrogens with zero attached hydrogens (tertiary/aromatic N) is 2. The summed E-state index contributed by atoms with van der Waals surface area (Å²) in [7, 11) is 0. The first-order valence-electron chi connectivity index (χ1n) is 5.15. The molecule has 0 saturated carbocycles. The van der Waals surface area contributed by atoms with Crippen LogP contribution in [0, 0.1) is 0 Å². The van der Waals surface area contributed by atoms with Gasteiger partial charge < -0.3 is 10.1 Å². The highest BCUT2D eigenvalue weighted by molar-refractivity contribution is 5.39. The molecule has 0 aliphatic heterocycles. The Kier molecular flexibility index (Phi) is 4.60. The number of hydrogen-bond acceptors (Lipinski definition) is 4. The van der Waals surface area contributed by atoms with Crippen LogP contribution in [-0.2, 0) is 6.42 Å². The van der Waals surface area contributed by atoms with E-state index in [0.29, 0.717) is 19.0 Å². The van der Waals surface area contributed by atoms with Crippen LogP contribution in [0.3, 0.4) is 0 Å². The van der Waals surface area contributed by atoms with E-state index in [4.69, 9.17) is 4.74 Å². The maximum atomic E-state index is 5.35. The van der Waals surface area contributed by atoms with Crippen molar-refractivity contribution in [2.45, 2.75) is 20.3 Å². The number of ether oxygens (including phenoxy) is 1. The summed E-state index contributed by atoms with van der Waals surface area (Å²) in [6.45, 7) is 8.89. The standard InChI is InChI=1S/C11H17N3O/c1-4-7-12-10-8-11(15-6-3)14-9(5-2)13-10/h4,8H,1,5-7H2,2-3H3,(H,12,13,14). The van der Waals surface area contributed by atoms with Gasteiger partial charge in [-0.1, -0.05) is 13.0 Å². The Morgan fingerprint density at radius 1 is 1.47 bits per heavy atom. The lowest BCUT2D eigenvalue weighted by Gasteiger charge is -2.07. The van der Waals surface area contributed by atoms with E-state index < -0.39 is 0 Å². The van der Waals surface area contributed by atoms with Crippen LogP contribution in [-0.4, -0.2) is 23.1 Å². The average molecular weight is 207 g/mol. The van der Waals surface area contributed by atoms with E-state index in [-0.39, 0.29) is 0 Å². The molecule has 82 valence electrons. The Hall–Kier alpha value is -1.58. The molecule has 0 unspecified atom stereocenters. The van der Waals surface area contributed by atoms with Gasteiger partial charge in [0.2, 0.25) is 5.88 Å². The molecule has 15 heavy (non-hydrogen) atoms. The van der Waals surface area contributed by atoms with Crippen LogP contribution >= 0.6 is 0 Å². The average Bonchev–Trinajstić information content (AvgIpc) is 2.26. The maximum Gasteiger partial charge on any atom is 0.218 e. The molecule has 0 aliphatic carbocycles. The Labute approximate surface area is 90.4 Å². The van der Waals surface area contributed by atoms with Crippen LogP contribution in [0.1, 0.15) is 19.7 Å². The summed E-state index contributed by atoms with van der Waals surface area (Å²) in [4.78, 5) is 8.57. The molecule has 0 bridgehead atoms. The Morgan fingerprint density at radius 2 is 2.27 bits per heavy atom. The summed E-state index contributed by atoms with van der Waals surface area (Å²) in [5.41, 5.74) is 0. The summed E-state index contributed by atoms with van der Waals surface area (Å²) in [5.74, 6) is 2.19. The van der Waals surface area contributed by atoms with Crippen LogP contribution in [0.4, 0.5) is 5.82 Å². The molecule has 1 aromatic heterocycles. The van der Waals surface area contributed by atoms with Gasteiger partial charge in [0, 0.05) is 19.0 Å². The van der Waals surface area contributed by atoms with Crippen LogP contribution in [0.5, 0.6) is 5.88 Å². The first-order valence-corrected chi connectivity index (χ1v) is 5.15. The van der Waals surface area contributed by atoms with Gasteiger partial charge in [-0.05, 0) is 6.92 Å². The number of aromatic nitrogens is 2. The van der Waals surface area contributed by atoms with Gasteiger partial charge in [0.1, 0.15) is 11.6 Å². The third-order valence-corrected chi connectivity index (χ3v) is 1.78. The molecule has 1 N–H and O–H groups in total. The lowest BCUT2D eigenvalue weighted by Crippen LogP contribution is -2.05. The van der Waals surface area contributed by atoms with Crippen molar-refractivity contribution >= 4 is 5.82 Å². The zero-order valence-corrected chi connectivity index (χ0v) is 9.29. The molecule has 0 aromatic carbocycles. The molecule has 0 amide bonds. The molecule has 4 nitrogen and oxygen atoms in total. The number of aryl methyl sites for hydroxylation is 1. The molecular weight excluding hydrogens is 190 g/mol. The fourth-order valence-electron chi connectivity index (χ4n) is 1.12. The third-order valence-electron chi connectivity index (χ3n) is 1.78. The van der Waals surface area contributed by atoms with E-state index in [2.05, 4.69) is 21.9 Å². The van der Waals surface area contributed by atoms with Crippen LogP contribution in [0.2, 0.25) is 0 Å². The van der Waals surface area contributed by atoms with E-state index in [9.17, 15) is 0 Å². The summed E-state index contributed by atoms with van der Waals surface area (Å²) in [6, 6.07) is 1.80. The number of anilines is 1. The summed E-state index contributed by atoms with van der Waals surface area (Å²) < 4.78 is 5.35. The minimum atomic E-state index is 0.612. The van der Waals surface area contributed by atoms with Crippen LogP contribution in [0.15, 0.2) is 18.7 Å². The monoisotopic (exact) mass is 207 g/mol. The summed E-state index contributed by atoms with van der Waals surface area (Å²) in [6.07, 6.45) is 2.58. The van der Waals surface area contributed by atoms with Gasteiger partial charge in [-0.3, -0.25) is 0 Å². The van der Waals surface area contributed by atoms with Gasteiger partial charge in [-0.15, -0.1) is 6.58 Å². The quantitative estimate of drug-likeness (QED) is 0.725. The predicted octanol–water partition coefficient (Wildman–Crippen LogP) is 2.04. The first-order chi connectivity index (χ1) is 7.30. The lowest BCUT2D eigenvalue weighted by atomic mass is 10.4. The molecule has 1 aromatic rings. The topological polar surface area (TPSA) is 47.0 Å². The summed E-state index contributed by atoms with van der Waals surface area (Å²) >= 11 is 0. The molecule has 0 saturated heterocycles. The van der Waals surface area contributed by atoms with Crippen molar-refractivity contribution in [1.82, 2.24) is 9.97 Å². The smallest absolute Gasteiger partial charge is 0.218 e. The van der Waals surface area contributed by atoms with Gasteiger partial charge >= 0.3 is 0 Å². The highest BCUT2D eigenvalue weighted by atomic mass is 16.5. The Morgan fingerprint density at radius 3 is 2.87 bits per heavy atom. The largest absolute Gasteiger partial charge is 0.478 e. The van der Waals surface area contributed by atoms with Crippen LogP contribution in [0.25, 0.3) is 0 Å². The first kappa shape index (κ1) is 11.5. The van der Waals surface area contributed by atoms with Crippen molar-refractivity contribution in [2.75, 3.05) is 18.5 Å². The zero-order chi connectivity index (χ0) is 11.1. The Balaban J connectivity index is 2.84. The normalized spacial score (nSPS) is 9.73. The second-order valence-electron chi connectivity index (χ2n) is 2.96. The van der Waals surface area contributed by atoms with E-state index in [0.717, 1.165) is 18.1 Å². The highest BCUT2D eigenvalue weighted by Crippen LogP contribution is 2.13. The highest BCUT2D eigenvalue weighted by Gasteiger charge is 2.02. The van der Waals surface area contributed by atoms with Crippen molar-refractivity contribution in [3.05, 3.63) is 24.5 Å². The summed E-state index contributed by atoms with van der Waals surface area (Å²) in [5, 5.41) is 3.12. The second-order valence-corrected chi connectivity index (χ2v) is 2.96. The molecule has 1 heterocycles. The fraction of sp³-hybridized carbons (Fsp3) is 0.455. The third kappa shape index (κ3) is 3.58. The fourth-order valence-corrected chi connectivity index (χ4v) is 1.12. The van der Waals surface area contributed by atoms with Crippen LogP contribution < -0.4 is 10.1 Å². The molecule has 0 atom stereocenters. The minimum absolute atomic E-state index is 0.612.